The van der Waals surface area contributed by atoms with E-state index in [0.29, 0.717) is 6.04 Å². The van der Waals surface area contributed by atoms with E-state index in [4.69, 9.17) is 0 Å². The molecule has 7 heteroatoms. The van der Waals surface area contributed by atoms with Gasteiger partial charge < -0.3 is 10.2 Å². The molecule has 1 unspecified atom stereocenters. The summed E-state index contributed by atoms with van der Waals surface area (Å²) in [6, 6.07) is 0.653. The lowest BCUT2D eigenvalue weighted by atomic mass is 10.2. The summed E-state index contributed by atoms with van der Waals surface area (Å²) < 4.78 is 0. The molecular weight excluding hydrogens is 421 g/mol. The Morgan fingerprint density at radius 2 is 2.17 bits per heavy atom. The van der Waals surface area contributed by atoms with Crippen LogP contribution in [0.2, 0.25) is 0 Å². The Balaban J connectivity index is 0.00000264. The molecule has 2 heterocycles. The molecule has 1 N–H and O–H groups in total. The maximum Gasteiger partial charge on any atom is 0.194 e. The molecule has 0 spiro atoms. The van der Waals surface area contributed by atoms with Crippen molar-refractivity contribution in [3.63, 3.8) is 0 Å². The molecule has 0 aliphatic carbocycles. The second kappa shape index (κ2) is 10.5. The predicted octanol–water partition coefficient (Wildman–Crippen LogP) is 2.82. The van der Waals surface area contributed by atoms with E-state index in [1.807, 2.05) is 13.2 Å². The predicted molar refractivity (Wildman–Crippen MR) is 110 cm³/mol. The van der Waals surface area contributed by atoms with Gasteiger partial charge in [-0.3, -0.25) is 9.89 Å². The first-order valence-electron chi connectivity index (χ1n) is 8.34. The SMILES string of the molecule is CCc1cnc(CNC(=NC)N2CCC(N(CC)CC)C2)s1.I. The van der Waals surface area contributed by atoms with Gasteiger partial charge in [-0.2, -0.15) is 0 Å². The number of guanidine groups is 1. The highest BCUT2D eigenvalue weighted by Crippen LogP contribution is 2.16. The maximum atomic E-state index is 4.46. The van der Waals surface area contributed by atoms with E-state index in [0.717, 1.165) is 50.1 Å². The summed E-state index contributed by atoms with van der Waals surface area (Å²) in [7, 11) is 1.87. The first kappa shape index (κ1) is 20.6. The van der Waals surface area contributed by atoms with Crippen molar-refractivity contribution in [2.24, 2.45) is 4.99 Å². The van der Waals surface area contributed by atoms with Crippen LogP contribution in [-0.4, -0.2) is 60.0 Å². The average molecular weight is 451 g/mol. The van der Waals surface area contributed by atoms with E-state index in [2.05, 4.69) is 45.9 Å². The molecule has 0 aromatic carbocycles. The average Bonchev–Trinajstić information content (AvgIpc) is 3.19. The fourth-order valence-corrected chi connectivity index (χ4v) is 3.85. The molecule has 1 aromatic rings. The summed E-state index contributed by atoms with van der Waals surface area (Å²) in [5.74, 6) is 1.00. The van der Waals surface area contributed by atoms with E-state index in [1.165, 1.54) is 11.3 Å². The molecule has 0 bridgehead atoms. The largest absolute Gasteiger partial charge is 0.350 e. The van der Waals surface area contributed by atoms with Crippen LogP contribution in [0.3, 0.4) is 0 Å². The third kappa shape index (κ3) is 5.56. The molecule has 5 nitrogen and oxygen atoms in total. The molecule has 0 saturated carbocycles. The van der Waals surface area contributed by atoms with Crippen LogP contribution in [-0.2, 0) is 13.0 Å². The smallest absolute Gasteiger partial charge is 0.194 e. The fraction of sp³-hybridized carbons (Fsp3) is 0.750. The Bertz CT molecular complexity index is 487. The number of hydrogen-bond donors (Lipinski definition) is 1. The molecule has 0 radical (unpaired) electrons. The van der Waals surface area contributed by atoms with Crippen LogP contribution in [0.5, 0.6) is 0 Å². The Kier molecular flexibility index (Phi) is 9.38. The van der Waals surface area contributed by atoms with Crippen LogP contribution in [0, 0.1) is 0 Å². The van der Waals surface area contributed by atoms with Crippen LogP contribution >= 0.6 is 35.3 Å². The molecule has 23 heavy (non-hydrogen) atoms. The number of likely N-dealkylation sites (tertiary alicyclic amines) is 1. The van der Waals surface area contributed by atoms with Gasteiger partial charge in [0.15, 0.2) is 5.96 Å². The van der Waals surface area contributed by atoms with Crippen molar-refractivity contribution in [2.45, 2.75) is 46.2 Å². The van der Waals surface area contributed by atoms with Gasteiger partial charge in [-0.25, -0.2) is 4.98 Å². The molecule has 1 aliphatic rings. The van der Waals surface area contributed by atoms with Crippen molar-refractivity contribution in [1.29, 1.82) is 0 Å². The molecule has 0 amide bonds. The third-order valence-corrected chi connectivity index (χ3v) is 5.49. The second-order valence-electron chi connectivity index (χ2n) is 5.58. The normalized spacial score (nSPS) is 18.4. The van der Waals surface area contributed by atoms with Gasteiger partial charge in [-0.15, -0.1) is 35.3 Å². The van der Waals surface area contributed by atoms with Crippen molar-refractivity contribution < 1.29 is 0 Å². The Morgan fingerprint density at radius 1 is 1.43 bits per heavy atom. The second-order valence-corrected chi connectivity index (χ2v) is 6.78. The number of aryl methyl sites for hydroxylation is 1. The number of hydrogen-bond acceptors (Lipinski definition) is 4. The highest BCUT2D eigenvalue weighted by molar-refractivity contribution is 14.0. The van der Waals surface area contributed by atoms with Crippen LogP contribution in [0.4, 0.5) is 0 Å². The number of aromatic nitrogens is 1. The Morgan fingerprint density at radius 3 is 2.74 bits per heavy atom. The molecule has 1 saturated heterocycles. The lowest BCUT2D eigenvalue weighted by molar-refractivity contribution is 0.223. The molecule has 1 fully saturated rings. The molecular formula is C16H30IN5S. The number of thiazole rings is 1. The zero-order valence-electron chi connectivity index (χ0n) is 14.7. The van der Waals surface area contributed by atoms with Crippen LogP contribution in [0.15, 0.2) is 11.2 Å². The lowest BCUT2D eigenvalue weighted by Crippen LogP contribution is -2.43. The minimum Gasteiger partial charge on any atom is -0.350 e. The van der Waals surface area contributed by atoms with Crippen LogP contribution in [0.25, 0.3) is 0 Å². The Labute approximate surface area is 161 Å². The summed E-state index contributed by atoms with van der Waals surface area (Å²) in [6.45, 7) is 11.8. The van der Waals surface area contributed by atoms with Crippen molar-refractivity contribution in [3.8, 4) is 0 Å². The molecule has 1 aliphatic heterocycles. The lowest BCUT2D eigenvalue weighted by Gasteiger charge is -2.27. The molecule has 1 aromatic heterocycles. The van der Waals surface area contributed by atoms with Crippen molar-refractivity contribution in [3.05, 3.63) is 16.1 Å². The number of rotatable bonds is 6. The summed E-state index contributed by atoms with van der Waals surface area (Å²) in [6.07, 6.45) is 4.26. The third-order valence-electron chi connectivity index (χ3n) is 4.35. The molecule has 132 valence electrons. The first-order chi connectivity index (χ1) is 10.7. The highest BCUT2D eigenvalue weighted by atomic mass is 127. The number of likely N-dealkylation sites (N-methyl/N-ethyl adjacent to an activating group) is 1. The van der Waals surface area contributed by atoms with Gasteiger partial charge in [0.05, 0.1) is 6.54 Å². The van der Waals surface area contributed by atoms with E-state index < -0.39 is 0 Å². The van der Waals surface area contributed by atoms with Gasteiger partial charge in [-0.1, -0.05) is 20.8 Å². The van der Waals surface area contributed by atoms with Crippen molar-refractivity contribution >= 4 is 41.3 Å². The summed E-state index contributed by atoms with van der Waals surface area (Å²) in [5.41, 5.74) is 0. The van der Waals surface area contributed by atoms with Gasteiger partial charge in [0, 0.05) is 37.3 Å². The van der Waals surface area contributed by atoms with E-state index in [9.17, 15) is 0 Å². The Hall–Kier alpha value is -0.410. The van der Waals surface area contributed by atoms with Crippen molar-refractivity contribution in [2.75, 3.05) is 33.2 Å². The fourth-order valence-electron chi connectivity index (χ4n) is 3.05. The highest BCUT2D eigenvalue weighted by Gasteiger charge is 2.27. The topological polar surface area (TPSA) is 43.8 Å². The zero-order chi connectivity index (χ0) is 15.9. The summed E-state index contributed by atoms with van der Waals surface area (Å²) >= 11 is 1.79. The number of aliphatic imine (C=N–C) groups is 1. The van der Waals surface area contributed by atoms with Gasteiger partial charge in [0.25, 0.3) is 0 Å². The standard InChI is InChI=1S/C16H29N5S.HI/c1-5-14-10-18-15(22-14)11-19-16(17-4)21-9-8-13(12-21)20(6-2)7-3;/h10,13H,5-9,11-12H2,1-4H3,(H,17,19);1H. The summed E-state index contributed by atoms with van der Waals surface area (Å²) in [4.78, 5) is 15.2. The monoisotopic (exact) mass is 451 g/mol. The molecule has 1 atom stereocenters. The van der Waals surface area contributed by atoms with Crippen molar-refractivity contribution in [1.82, 2.24) is 20.1 Å². The van der Waals surface area contributed by atoms with Gasteiger partial charge >= 0.3 is 0 Å². The minimum atomic E-state index is 0. The molecule has 2 rings (SSSR count). The number of nitrogens with one attached hydrogen (secondary N) is 1. The zero-order valence-corrected chi connectivity index (χ0v) is 17.9. The number of nitrogens with zero attached hydrogens (tertiary/aromatic N) is 4. The summed E-state index contributed by atoms with van der Waals surface area (Å²) in [5, 5.41) is 4.60. The van der Waals surface area contributed by atoms with E-state index in [1.54, 1.807) is 11.3 Å². The van der Waals surface area contributed by atoms with Crippen LogP contribution in [0.1, 0.15) is 37.1 Å². The van der Waals surface area contributed by atoms with E-state index in [-0.39, 0.29) is 24.0 Å². The number of halogens is 1. The van der Waals surface area contributed by atoms with Gasteiger partial charge in [0.1, 0.15) is 5.01 Å². The minimum absolute atomic E-state index is 0. The maximum absolute atomic E-state index is 4.46. The van der Waals surface area contributed by atoms with Gasteiger partial charge in [0.2, 0.25) is 0 Å². The first-order valence-corrected chi connectivity index (χ1v) is 9.16. The van der Waals surface area contributed by atoms with Gasteiger partial charge in [-0.05, 0) is 25.9 Å². The van der Waals surface area contributed by atoms with Crippen LogP contribution < -0.4 is 5.32 Å². The quantitative estimate of drug-likeness (QED) is 0.411. The van der Waals surface area contributed by atoms with E-state index >= 15 is 0 Å².